The number of nitrogens with zero attached hydrogens (tertiary/aromatic N) is 1. The highest BCUT2D eigenvalue weighted by molar-refractivity contribution is 5.75. The van der Waals surface area contributed by atoms with Gasteiger partial charge in [-0.1, -0.05) is 42.0 Å². The second-order valence-corrected chi connectivity index (χ2v) is 6.00. The molecule has 0 aromatic heterocycles. The minimum absolute atomic E-state index is 0.175. The molecule has 3 heteroatoms. The largest absolute Gasteiger partial charge is 0.359 e. The molecule has 0 radical (unpaired) electrons. The van der Waals surface area contributed by atoms with Gasteiger partial charge in [-0.15, -0.1) is 0 Å². The second kappa shape index (κ2) is 7.99. The van der Waals surface area contributed by atoms with E-state index in [0.717, 1.165) is 32.5 Å². The zero-order chi connectivity index (χ0) is 15.1. The molecule has 0 atom stereocenters. The summed E-state index contributed by atoms with van der Waals surface area (Å²) >= 11 is 0. The lowest BCUT2D eigenvalue weighted by atomic mass is 9.93. The molecule has 0 spiro atoms. The van der Waals surface area contributed by atoms with Crippen molar-refractivity contribution in [3.63, 3.8) is 0 Å². The van der Waals surface area contributed by atoms with Crippen LogP contribution in [-0.2, 0) is 4.79 Å². The van der Waals surface area contributed by atoms with Gasteiger partial charge in [0.25, 0.3) is 0 Å². The minimum atomic E-state index is 0.175. The molecule has 1 N–H and O–H groups in total. The van der Waals surface area contributed by atoms with E-state index in [9.17, 15) is 4.79 Å². The Hall–Kier alpha value is -1.61. The fourth-order valence-corrected chi connectivity index (χ4v) is 2.95. The van der Waals surface area contributed by atoms with Crippen molar-refractivity contribution in [2.75, 3.05) is 26.7 Å². The molecule has 1 aliphatic heterocycles. The molecule has 1 heterocycles. The monoisotopic (exact) mass is 286 g/mol. The highest BCUT2D eigenvalue weighted by Crippen LogP contribution is 2.21. The Bertz CT molecular complexity index is 473. The van der Waals surface area contributed by atoms with Crippen molar-refractivity contribution >= 4 is 12.0 Å². The molecule has 1 aliphatic rings. The summed E-state index contributed by atoms with van der Waals surface area (Å²) in [6.07, 6.45) is 5.21. The molecule has 114 valence electrons. The van der Waals surface area contributed by atoms with Gasteiger partial charge in [-0.05, 0) is 44.3 Å². The van der Waals surface area contributed by atoms with Crippen molar-refractivity contribution < 1.29 is 4.79 Å². The quantitative estimate of drug-likeness (QED) is 0.902. The number of carbonyl (C=O) groups excluding carboxylic acids is 1. The molecule has 0 unspecified atom stereocenters. The summed E-state index contributed by atoms with van der Waals surface area (Å²) in [5.74, 6) is 0.730. The van der Waals surface area contributed by atoms with E-state index in [2.05, 4.69) is 47.5 Å². The van der Waals surface area contributed by atoms with E-state index >= 15 is 0 Å². The van der Waals surface area contributed by atoms with Gasteiger partial charge in [0, 0.05) is 20.0 Å². The van der Waals surface area contributed by atoms with E-state index in [-0.39, 0.29) is 5.91 Å². The van der Waals surface area contributed by atoms with Gasteiger partial charge < -0.3 is 5.32 Å². The van der Waals surface area contributed by atoms with Gasteiger partial charge in [0.1, 0.15) is 0 Å². The van der Waals surface area contributed by atoms with Gasteiger partial charge in [0.2, 0.25) is 5.91 Å². The number of likely N-dealkylation sites (tertiary alicyclic amines) is 1. The van der Waals surface area contributed by atoms with Crippen LogP contribution >= 0.6 is 0 Å². The van der Waals surface area contributed by atoms with Gasteiger partial charge in [-0.2, -0.15) is 0 Å². The third-order valence-electron chi connectivity index (χ3n) is 4.15. The fourth-order valence-electron chi connectivity index (χ4n) is 2.95. The molecule has 3 nitrogen and oxygen atoms in total. The maximum atomic E-state index is 11.4. The van der Waals surface area contributed by atoms with E-state index in [1.54, 1.807) is 7.05 Å². The predicted octanol–water partition coefficient (Wildman–Crippen LogP) is 2.94. The summed E-state index contributed by atoms with van der Waals surface area (Å²) in [5, 5.41) is 2.72. The molecule has 1 saturated heterocycles. The van der Waals surface area contributed by atoms with Crippen LogP contribution < -0.4 is 5.32 Å². The van der Waals surface area contributed by atoms with Crippen LogP contribution in [-0.4, -0.2) is 37.5 Å². The maximum Gasteiger partial charge on any atom is 0.220 e. The molecular formula is C18H26N2O. The minimum Gasteiger partial charge on any atom is -0.359 e. The van der Waals surface area contributed by atoms with Gasteiger partial charge in [-0.3, -0.25) is 9.69 Å². The van der Waals surface area contributed by atoms with Gasteiger partial charge in [0.15, 0.2) is 0 Å². The van der Waals surface area contributed by atoms with E-state index in [4.69, 9.17) is 0 Å². The smallest absolute Gasteiger partial charge is 0.220 e. The van der Waals surface area contributed by atoms with Gasteiger partial charge in [0.05, 0.1) is 0 Å². The SMILES string of the molecule is CNC(=O)CC1CCN(CC(C)=Cc2ccccc2)CC1. The lowest BCUT2D eigenvalue weighted by Gasteiger charge is -2.31. The zero-order valence-corrected chi connectivity index (χ0v) is 13.1. The summed E-state index contributed by atoms with van der Waals surface area (Å²) in [7, 11) is 1.72. The average molecular weight is 286 g/mol. The number of benzene rings is 1. The average Bonchev–Trinajstić information content (AvgIpc) is 2.50. The first-order valence-electron chi connectivity index (χ1n) is 7.82. The Balaban J connectivity index is 1.78. The predicted molar refractivity (Wildman–Crippen MR) is 87.9 cm³/mol. The van der Waals surface area contributed by atoms with Gasteiger partial charge >= 0.3 is 0 Å². The number of carbonyl (C=O) groups is 1. The van der Waals surface area contributed by atoms with Crippen LogP contribution in [0, 0.1) is 5.92 Å². The number of rotatable bonds is 5. The lowest BCUT2D eigenvalue weighted by molar-refractivity contribution is -0.121. The molecule has 1 aromatic rings. The van der Waals surface area contributed by atoms with Crippen molar-refractivity contribution in [3.8, 4) is 0 Å². The first-order valence-corrected chi connectivity index (χ1v) is 7.82. The summed E-state index contributed by atoms with van der Waals surface area (Å²) < 4.78 is 0. The molecule has 0 bridgehead atoms. The Labute approximate surface area is 128 Å². The summed E-state index contributed by atoms with van der Waals surface area (Å²) in [6.45, 7) is 5.43. The van der Waals surface area contributed by atoms with E-state index in [1.807, 2.05) is 6.07 Å². The zero-order valence-electron chi connectivity index (χ0n) is 13.1. The second-order valence-electron chi connectivity index (χ2n) is 6.00. The lowest BCUT2D eigenvalue weighted by Crippen LogP contribution is -2.36. The van der Waals surface area contributed by atoms with Crippen LogP contribution in [0.15, 0.2) is 35.9 Å². The third-order valence-corrected chi connectivity index (χ3v) is 4.15. The number of nitrogens with one attached hydrogen (secondary N) is 1. The first kappa shape index (κ1) is 15.8. The van der Waals surface area contributed by atoms with Crippen LogP contribution in [0.3, 0.4) is 0 Å². The van der Waals surface area contributed by atoms with Crippen LogP contribution in [0.4, 0.5) is 0 Å². The summed E-state index contributed by atoms with van der Waals surface area (Å²) in [4.78, 5) is 13.9. The molecular weight excluding hydrogens is 260 g/mol. The van der Waals surface area contributed by atoms with Crippen LogP contribution in [0.25, 0.3) is 6.08 Å². The Kier molecular flexibility index (Phi) is 6.00. The number of hydrogen-bond acceptors (Lipinski definition) is 2. The summed E-state index contributed by atoms with van der Waals surface area (Å²) in [5.41, 5.74) is 2.66. The molecule has 0 aliphatic carbocycles. The highest BCUT2D eigenvalue weighted by atomic mass is 16.1. The Morgan fingerprint density at radius 2 is 1.95 bits per heavy atom. The molecule has 1 amide bonds. The van der Waals surface area contributed by atoms with Crippen LogP contribution in [0.1, 0.15) is 31.7 Å². The normalized spacial score (nSPS) is 17.7. The van der Waals surface area contributed by atoms with Crippen LogP contribution in [0.5, 0.6) is 0 Å². The Morgan fingerprint density at radius 1 is 1.29 bits per heavy atom. The topological polar surface area (TPSA) is 32.3 Å². The Morgan fingerprint density at radius 3 is 2.57 bits per heavy atom. The maximum absolute atomic E-state index is 11.4. The first-order chi connectivity index (χ1) is 10.2. The van der Waals surface area contributed by atoms with Crippen molar-refractivity contribution in [1.82, 2.24) is 10.2 Å². The number of amides is 1. The van der Waals surface area contributed by atoms with Crippen molar-refractivity contribution in [3.05, 3.63) is 41.5 Å². The van der Waals surface area contributed by atoms with E-state index < -0.39 is 0 Å². The molecule has 0 saturated carbocycles. The third kappa shape index (κ3) is 5.35. The van der Waals surface area contributed by atoms with Crippen molar-refractivity contribution in [2.45, 2.75) is 26.2 Å². The van der Waals surface area contributed by atoms with E-state index in [0.29, 0.717) is 12.3 Å². The number of hydrogen-bond donors (Lipinski definition) is 1. The fraction of sp³-hybridized carbons (Fsp3) is 0.500. The van der Waals surface area contributed by atoms with Crippen molar-refractivity contribution in [1.29, 1.82) is 0 Å². The number of piperidine rings is 1. The molecule has 1 fully saturated rings. The van der Waals surface area contributed by atoms with Gasteiger partial charge in [-0.25, -0.2) is 0 Å². The summed E-state index contributed by atoms with van der Waals surface area (Å²) in [6, 6.07) is 10.5. The van der Waals surface area contributed by atoms with Crippen molar-refractivity contribution in [2.24, 2.45) is 5.92 Å². The standard InChI is InChI=1S/C18H26N2O/c1-15(12-16-6-4-3-5-7-16)14-20-10-8-17(9-11-20)13-18(21)19-2/h3-7,12,17H,8-11,13-14H2,1-2H3,(H,19,21). The molecule has 2 rings (SSSR count). The molecule has 1 aromatic carbocycles. The van der Waals surface area contributed by atoms with E-state index in [1.165, 1.54) is 11.1 Å². The highest BCUT2D eigenvalue weighted by Gasteiger charge is 2.20. The van der Waals surface area contributed by atoms with Crippen LogP contribution in [0.2, 0.25) is 0 Å². The molecule has 21 heavy (non-hydrogen) atoms.